The molecule has 2 heteroatoms. The Kier molecular flexibility index (Phi) is 2.36. The molecule has 0 spiro atoms. The van der Waals surface area contributed by atoms with Crippen molar-refractivity contribution < 1.29 is 4.79 Å². The molecule has 0 N–H and O–H groups in total. The van der Waals surface area contributed by atoms with E-state index in [1.54, 1.807) is 12.4 Å². The second-order valence-electron chi connectivity index (χ2n) is 2.78. The highest BCUT2D eigenvalue weighted by Gasteiger charge is 2.03. The minimum atomic E-state index is 0.387. The van der Waals surface area contributed by atoms with Crippen molar-refractivity contribution in [3.05, 3.63) is 29.6 Å². The van der Waals surface area contributed by atoms with Gasteiger partial charge in [0.1, 0.15) is 0 Å². The van der Waals surface area contributed by atoms with Crippen LogP contribution < -0.4 is 0 Å². The molecule has 0 unspecified atom stereocenters. The fourth-order valence-corrected chi connectivity index (χ4v) is 1.04. The number of nitrogens with zero attached hydrogens (tertiary/aromatic N) is 1. The van der Waals surface area contributed by atoms with E-state index in [4.69, 9.17) is 0 Å². The lowest BCUT2D eigenvalue weighted by atomic mass is 10.0. The fourth-order valence-electron chi connectivity index (χ4n) is 1.04. The molecule has 58 valence electrons. The van der Waals surface area contributed by atoms with Gasteiger partial charge in [0.05, 0.1) is 0 Å². The van der Waals surface area contributed by atoms with Crippen LogP contribution in [0.4, 0.5) is 0 Å². The van der Waals surface area contributed by atoms with E-state index < -0.39 is 0 Å². The third-order valence-corrected chi connectivity index (χ3v) is 1.64. The zero-order valence-electron chi connectivity index (χ0n) is 6.74. The lowest BCUT2D eigenvalue weighted by Gasteiger charge is -2.05. The maximum Gasteiger partial charge on any atom is 0.151 e. The lowest BCUT2D eigenvalue weighted by Crippen LogP contribution is -1.94. The highest BCUT2D eigenvalue weighted by atomic mass is 16.1. The van der Waals surface area contributed by atoms with Crippen LogP contribution in [0.3, 0.4) is 0 Å². The molecule has 0 fully saturated rings. The van der Waals surface area contributed by atoms with Crippen LogP contribution in [0, 0.1) is 0 Å². The lowest BCUT2D eigenvalue weighted by molar-refractivity contribution is 0.112. The molecular formula is C9H11NO. The maximum absolute atomic E-state index is 10.5. The molecule has 0 aliphatic rings. The molecule has 11 heavy (non-hydrogen) atoms. The van der Waals surface area contributed by atoms with E-state index in [1.165, 1.54) is 0 Å². The molecule has 0 aliphatic heterocycles. The maximum atomic E-state index is 10.5. The van der Waals surface area contributed by atoms with Gasteiger partial charge in [-0.15, -0.1) is 0 Å². The van der Waals surface area contributed by atoms with Crippen molar-refractivity contribution >= 4 is 6.29 Å². The molecule has 0 aromatic carbocycles. The Bertz CT molecular complexity index is 255. The van der Waals surface area contributed by atoms with Gasteiger partial charge in [0, 0.05) is 18.0 Å². The molecule has 0 radical (unpaired) electrons. The topological polar surface area (TPSA) is 30.0 Å². The summed E-state index contributed by atoms with van der Waals surface area (Å²) in [7, 11) is 0. The van der Waals surface area contributed by atoms with Crippen LogP contribution in [0.1, 0.15) is 35.7 Å². The molecular weight excluding hydrogens is 138 g/mol. The summed E-state index contributed by atoms with van der Waals surface area (Å²) in [6.07, 6.45) is 4.16. The van der Waals surface area contributed by atoms with E-state index >= 15 is 0 Å². The highest BCUT2D eigenvalue weighted by Crippen LogP contribution is 2.15. The second-order valence-corrected chi connectivity index (χ2v) is 2.78. The summed E-state index contributed by atoms with van der Waals surface area (Å²) in [5.74, 6) is 0.387. The Morgan fingerprint density at radius 2 is 2.27 bits per heavy atom. The summed E-state index contributed by atoms with van der Waals surface area (Å²) in [4.78, 5) is 14.4. The van der Waals surface area contributed by atoms with E-state index in [1.807, 2.05) is 6.07 Å². The zero-order valence-corrected chi connectivity index (χ0v) is 6.74. The molecule has 0 atom stereocenters. The number of hydrogen-bond donors (Lipinski definition) is 0. The van der Waals surface area contributed by atoms with Gasteiger partial charge in [-0.25, -0.2) is 0 Å². The zero-order chi connectivity index (χ0) is 8.27. The molecule has 2 nitrogen and oxygen atoms in total. The predicted octanol–water partition coefficient (Wildman–Crippen LogP) is 2.02. The molecule has 1 heterocycles. The predicted molar refractivity (Wildman–Crippen MR) is 43.7 cm³/mol. The van der Waals surface area contributed by atoms with Gasteiger partial charge in [0.25, 0.3) is 0 Å². The quantitative estimate of drug-likeness (QED) is 0.602. The van der Waals surface area contributed by atoms with Crippen LogP contribution in [0.2, 0.25) is 0 Å². The molecule has 1 rings (SSSR count). The van der Waals surface area contributed by atoms with E-state index in [9.17, 15) is 4.79 Å². The first-order valence-corrected chi connectivity index (χ1v) is 3.64. The van der Waals surface area contributed by atoms with Crippen molar-refractivity contribution in [2.24, 2.45) is 0 Å². The molecule has 0 amide bonds. The molecule has 0 aliphatic carbocycles. The summed E-state index contributed by atoms with van der Waals surface area (Å²) in [5, 5.41) is 0. The van der Waals surface area contributed by atoms with Crippen LogP contribution >= 0.6 is 0 Å². The number of aldehydes is 1. The monoisotopic (exact) mass is 149 g/mol. The molecule has 0 saturated carbocycles. The highest BCUT2D eigenvalue weighted by molar-refractivity contribution is 5.76. The van der Waals surface area contributed by atoms with Crippen molar-refractivity contribution in [2.75, 3.05) is 0 Å². The first-order valence-electron chi connectivity index (χ1n) is 3.64. The number of pyridine rings is 1. The summed E-state index contributed by atoms with van der Waals surface area (Å²) in [6, 6.07) is 1.88. The van der Waals surface area contributed by atoms with E-state index in [-0.39, 0.29) is 0 Å². The summed E-state index contributed by atoms with van der Waals surface area (Å²) < 4.78 is 0. The van der Waals surface area contributed by atoms with Gasteiger partial charge in [0.15, 0.2) is 6.29 Å². The largest absolute Gasteiger partial charge is 0.298 e. The van der Waals surface area contributed by atoms with Gasteiger partial charge < -0.3 is 0 Å². The Balaban J connectivity index is 3.12. The number of hydrogen-bond acceptors (Lipinski definition) is 2. The van der Waals surface area contributed by atoms with Crippen LogP contribution in [-0.4, -0.2) is 11.3 Å². The van der Waals surface area contributed by atoms with Gasteiger partial charge in [-0.2, -0.15) is 0 Å². The summed E-state index contributed by atoms with van der Waals surface area (Å²) >= 11 is 0. The third-order valence-electron chi connectivity index (χ3n) is 1.64. The van der Waals surface area contributed by atoms with E-state index in [0.29, 0.717) is 11.5 Å². The van der Waals surface area contributed by atoms with E-state index in [0.717, 1.165) is 11.8 Å². The standard InChI is InChI=1S/C9H11NO/c1-7(2)9-3-4-10-5-8(9)6-11/h3-7H,1-2H3. The van der Waals surface area contributed by atoms with Crippen molar-refractivity contribution in [3.63, 3.8) is 0 Å². The van der Waals surface area contributed by atoms with Crippen molar-refractivity contribution in [1.82, 2.24) is 4.98 Å². The van der Waals surface area contributed by atoms with Crippen molar-refractivity contribution in [1.29, 1.82) is 0 Å². The van der Waals surface area contributed by atoms with Gasteiger partial charge in [-0.1, -0.05) is 13.8 Å². The Labute approximate surface area is 66.3 Å². The minimum Gasteiger partial charge on any atom is -0.298 e. The van der Waals surface area contributed by atoms with E-state index in [2.05, 4.69) is 18.8 Å². The Morgan fingerprint density at radius 1 is 1.55 bits per heavy atom. The van der Waals surface area contributed by atoms with Gasteiger partial charge in [-0.05, 0) is 17.5 Å². The SMILES string of the molecule is CC(C)c1ccncc1C=O. The summed E-state index contributed by atoms with van der Waals surface area (Å²) in [5.41, 5.74) is 1.76. The summed E-state index contributed by atoms with van der Waals surface area (Å²) in [6.45, 7) is 4.12. The number of carbonyl (C=O) groups is 1. The van der Waals surface area contributed by atoms with Crippen molar-refractivity contribution in [2.45, 2.75) is 19.8 Å². The minimum absolute atomic E-state index is 0.387. The Hall–Kier alpha value is -1.18. The molecule has 0 saturated heterocycles. The van der Waals surface area contributed by atoms with Gasteiger partial charge in [0.2, 0.25) is 0 Å². The smallest absolute Gasteiger partial charge is 0.151 e. The van der Waals surface area contributed by atoms with Crippen LogP contribution in [0.25, 0.3) is 0 Å². The van der Waals surface area contributed by atoms with Gasteiger partial charge in [-0.3, -0.25) is 9.78 Å². The average Bonchev–Trinajstić information content (AvgIpc) is 2.04. The van der Waals surface area contributed by atoms with Crippen molar-refractivity contribution in [3.8, 4) is 0 Å². The second kappa shape index (κ2) is 3.28. The molecule has 1 aromatic rings. The Morgan fingerprint density at radius 3 is 2.73 bits per heavy atom. The number of aromatic nitrogens is 1. The number of rotatable bonds is 2. The first kappa shape index (κ1) is 7.92. The van der Waals surface area contributed by atoms with Crippen LogP contribution in [-0.2, 0) is 0 Å². The normalized spacial score (nSPS) is 10.1. The van der Waals surface area contributed by atoms with Crippen LogP contribution in [0.15, 0.2) is 18.5 Å². The molecule has 0 bridgehead atoms. The third kappa shape index (κ3) is 1.64. The van der Waals surface area contributed by atoms with Crippen LogP contribution in [0.5, 0.6) is 0 Å². The average molecular weight is 149 g/mol. The fraction of sp³-hybridized carbons (Fsp3) is 0.333. The first-order chi connectivity index (χ1) is 5.25. The van der Waals surface area contributed by atoms with Gasteiger partial charge >= 0.3 is 0 Å². The molecule has 1 aromatic heterocycles. The number of carbonyl (C=O) groups excluding carboxylic acids is 1.